The van der Waals surface area contributed by atoms with E-state index in [2.05, 4.69) is 9.88 Å². The van der Waals surface area contributed by atoms with Crippen molar-refractivity contribution in [3.8, 4) is 0 Å². The zero-order valence-electron chi connectivity index (χ0n) is 12.4. The van der Waals surface area contributed by atoms with Crippen LogP contribution in [0.4, 0.5) is 5.13 Å². The number of carboxylic acid groups (broad SMARTS) is 1. The van der Waals surface area contributed by atoms with E-state index in [1.807, 2.05) is 24.0 Å². The summed E-state index contributed by atoms with van der Waals surface area (Å²) in [6.07, 6.45) is 3.97. The number of anilines is 1. The van der Waals surface area contributed by atoms with E-state index >= 15 is 0 Å². The van der Waals surface area contributed by atoms with Crippen molar-refractivity contribution in [2.45, 2.75) is 6.92 Å². The van der Waals surface area contributed by atoms with Gasteiger partial charge in [-0.1, -0.05) is 12.2 Å². The molecule has 1 aromatic rings. The summed E-state index contributed by atoms with van der Waals surface area (Å²) in [5.74, 6) is -1.88. The lowest BCUT2D eigenvalue weighted by Crippen LogP contribution is -2.34. The third-order valence-electron chi connectivity index (χ3n) is 3.57. The van der Waals surface area contributed by atoms with Crippen LogP contribution in [0, 0.1) is 5.92 Å². The molecule has 1 amide bonds. The molecule has 3 N–H and O–H groups in total. The van der Waals surface area contributed by atoms with E-state index in [1.54, 1.807) is 5.38 Å². The molecule has 0 aromatic carbocycles. The lowest BCUT2D eigenvalue weighted by Gasteiger charge is -2.20. The summed E-state index contributed by atoms with van der Waals surface area (Å²) in [6.45, 7) is 4.99. The molecular formula is C14H20N4O3S. The number of hydrogen-bond donors (Lipinski definition) is 2. The highest BCUT2D eigenvalue weighted by atomic mass is 32.1. The van der Waals surface area contributed by atoms with Crippen molar-refractivity contribution in [2.75, 3.05) is 37.6 Å². The average Bonchev–Trinajstić information content (AvgIpc) is 2.87. The minimum Gasteiger partial charge on any atom is -0.481 e. The van der Waals surface area contributed by atoms with Crippen molar-refractivity contribution in [1.82, 2.24) is 9.88 Å². The number of hydrogen-bond acceptors (Lipinski definition) is 6. The van der Waals surface area contributed by atoms with Crippen molar-refractivity contribution < 1.29 is 14.7 Å². The highest BCUT2D eigenvalue weighted by Crippen LogP contribution is 2.23. The number of thiazole rings is 1. The van der Waals surface area contributed by atoms with Crippen LogP contribution in [-0.4, -0.2) is 59.6 Å². The molecular weight excluding hydrogens is 304 g/mol. The third-order valence-corrected chi connectivity index (χ3v) is 4.47. The van der Waals surface area contributed by atoms with Gasteiger partial charge >= 0.3 is 5.97 Å². The molecule has 0 bridgehead atoms. The first kappa shape index (κ1) is 16.4. The second-order valence-corrected chi connectivity index (χ2v) is 6.03. The first-order chi connectivity index (χ1) is 10.5. The van der Waals surface area contributed by atoms with E-state index in [9.17, 15) is 14.7 Å². The number of rotatable bonds is 5. The molecule has 1 aliphatic heterocycles. The first-order valence-electron chi connectivity index (χ1n) is 7.08. The fourth-order valence-corrected chi connectivity index (χ4v) is 3.20. The standard InChI is InChI=1S/C14H20N4O3S/c1-2-3-4-17-5-6-18(8-10(7-17)13(20)21)14-16-11(9-22-14)12(15)19/h2-3,9-10H,4-8H2,1H3,(H2,15,19)(H,20,21)/b3-2+/t10-/m1/s1. The molecule has 0 saturated carbocycles. The largest absolute Gasteiger partial charge is 0.481 e. The summed E-state index contributed by atoms with van der Waals surface area (Å²) in [5, 5.41) is 11.7. The van der Waals surface area contributed by atoms with Gasteiger partial charge in [0.15, 0.2) is 5.13 Å². The summed E-state index contributed by atoms with van der Waals surface area (Å²) in [7, 11) is 0. The van der Waals surface area contributed by atoms with E-state index in [-0.39, 0.29) is 5.69 Å². The zero-order valence-corrected chi connectivity index (χ0v) is 13.3. The van der Waals surface area contributed by atoms with Crippen molar-refractivity contribution in [3.63, 3.8) is 0 Å². The summed E-state index contributed by atoms with van der Waals surface area (Å²) >= 11 is 1.32. The predicted octanol–water partition coefficient (Wildman–Crippen LogP) is 0.641. The molecule has 0 radical (unpaired) electrons. The highest BCUT2D eigenvalue weighted by molar-refractivity contribution is 7.13. The molecule has 120 valence electrons. The lowest BCUT2D eigenvalue weighted by atomic mass is 10.1. The summed E-state index contributed by atoms with van der Waals surface area (Å²) in [6, 6.07) is 0. The van der Waals surface area contributed by atoms with Crippen LogP contribution in [0.3, 0.4) is 0 Å². The highest BCUT2D eigenvalue weighted by Gasteiger charge is 2.28. The number of carbonyl (C=O) groups excluding carboxylic acids is 1. The second kappa shape index (κ2) is 7.37. The predicted molar refractivity (Wildman–Crippen MR) is 85.2 cm³/mol. The Labute approximate surface area is 133 Å². The van der Waals surface area contributed by atoms with Crippen LogP contribution in [0.2, 0.25) is 0 Å². The zero-order chi connectivity index (χ0) is 16.1. The molecule has 0 aliphatic carbocycles. The maximum Gasteiger partial charge on any atom is 0.309 e. The van der Waals surface area contributed by atoms with Crippen LogP contribution in [0.15, 0.2) is 17.5 Å². The molecule has 1 fully saturated rings. The molecule has 1 aromatic heterocycles. The van der Waals surface area contributed by atoms with Crippen molar-refractivity contribution >= 4 is 28.3 Å². The van der Waals surface area contributed by atoms with Gasteiger partial charge in [0.2, 0.25) is 0 Å². The van der Waals surface area contributed by atoms with E-state index in [0.717, 1.165) is 13.1 Å². The van der Waals surface area contributed by atoms with Gasteiger partial charge in [-0.3, -0.25) is 14.5 Å². The van der Waals surface area contributed by atoms with Crippen LogP contribution < -0.4 is 10.6 Å². The number of allylic oxidation sites excluding steroid dienone is 1. The molecule has 1 aliphatic rings. The molecule has 0 unspecified atom stereocenters. The van der Waals surface area contributed by atoms with Crippen molar-refractivity contribution in [3.05, 3.63) is 23.2 Å². The SMILES string of the molecule is C/C=C/CN1CCN(c2nc(C(N)=O)cs2)C[C@H](C(=O)O)C1. The normalized spacial score (nSPS) is 20.2. The number of amides is 1. The monoisotopic (exact) mass is 324 g/mol. The summed E-state index contributed by atoms with van der Waals surface area (Å²) < 4.78 is 0. The van der Waals surface area contributed by atoms with E-state index in [1.165, 1.54) is 11.3 Å². The van der Waals surface area contributed by atoms with Gasteiger partial charge in [-0.25, -0.2) is 4.98 Å². The Balaban J connectivity index is 2.14. The summed E-state index contributed by atoms with van der Waals surface area (Å²) in [4.78, 5) is 30.8. The van der Waals surface area contributed by atoms with Crippen LogP contribution in [0.5, 0.6) is 0 Å². The molecule has 8 heteroatoms. The fraction of sp³-hybridized carbons (Fsp3) is 0.500. The smallest absolute Gasteiger partial charge is 0.309 e. The van der Waals surface area contributed by atoms with Gasteiger partial charge < -0.3 is 15.7 Å². The van der Waals surface area contributed by atoms with Gasteiger partial charge in [0.1, 0.15) is 5.69 Å². The maximum atomic E-state index is 11.5. The number of nitrogens with two attached hydrogens (primary N) is 1. The van der Waals surface area contributed by atoms with Gasteiger partial charge in [0, 0.05) is 38.1 Å². The van der Waals surface area contributed by atoms with Crippen molar-refractivity contribution in [1.29, 1.82) is 0 Å². The summed E-state index contributed by atoms with van der Waals surface area (Å²) in [5.41, 5.74) is 5.44. The number of aliphatic carboxylic acids is 1. The topological polar surface area (TPSA) is 99.8 Å². The Kier molecular flexibility index (Phi) is 5.51. The average molecular weight is 324 g/mol. The number of aromatic nitrogens is 1. The Hall–Kier alpha value is -1.93. The molecule has 7 nitrogen and oxygen atoms in total. The van der Waals surface area contributed by atoms with Gasteiger partial charge in [0.25, 0.3) is 5.91 Å². The molecule has 2 heterocycles. The van der Waals surface area contributed by atoms with Gasteiger partial charge in [-0.15, -0.1) is 11.3 Å². The minimum absolute atomic E-state index is 0.224. The number of carboxylic acids is 1. The van der Waals surface area contributed by atoms with Crippen LogP contribution in [0.25, 0.3) is 0 Å². The van der Waals surface area contributed by atoms with Gasteiger partial charge in [-0.05, 0) is 6.92 Å². The number of carbonyl (C=O) groups is 2. The van der Waals surface area contributed by atoms with Crippen LogP contribution in [0.1, 0.15) is 17.4 Å². The Bertz CT molecular complexity index is 572. The molecule has 2 rings (SSSR count). The van der Waals surface area contributed by atoms with E-state index < -0.39 is 17.8 Å². The second-order valence-electron chi connectivity index (χ2n) is 5.19. The third kappa shape index (κ3) is 4.05. The molecule has 1 atom stereocenters. The van der Waals surface area contributed by atoms with Crippen LogP contribution >= 0.6 is 11.3 Å². The Morgan fingerprint density at radius 3 is 2.86 bits per heavy atom. The maximum absolute atomic E-state index is 11.5. The molecule has 1 saturated heterocycles. The van der Waals surface area contributed by atoms with E-state index in [4.69, 9.17) is 5.73 Å². The fourth-order valence-electron chi connectivity index (χ4n) is 2.35. The van der Waals surface area contributed by atoms with Gasteiger partial charge in [-0.2, -0.15) is 0 Å². The Morgan fingerprint density at radius 1 is 1.50 bits per heavy atom. The van der Waals surface area contributed by atoms with Crippen LogP contribution in [-0.2, 0) is 4.79 Å². The lowest BCUT2D eigenvalue weighted by molar-refractivity contribution is -0.141. The Morgan fingerprint density at radius 2 is 2.27 bits per heavy atom. The quantitative estimate of drug-likeness (QED) is 0.771. The van der Waals surface area contributed by atoms with E-state index in [0.29, 0.717) is 24.8 Å². The van der Waals surface area contributed by atoms with Crippen molar-refractivity contribution in [2.24, 2.45) is 11.7 Å². The first-order valence-corrected chi connectivity index (χ1v) is 7.95. The number of nitrogens with zero attached hydrogens (tertiary/aromatic N) is 3. The molecule has 22 heavy (non-hydrogen) atoms. The van der Waals surface area contributed by atoms with Gasteiger partial charge in [0.05, 0.1) is 5.92 Å². The minimum atomic E-state index is -0.816. The molecule has 0 spiro atoms. The number of primary amides is 1.